The van der Waals surface area contributed by atoms with Gasteiger partial charge in [0.1, 0.15) is 5.82 Å². The van der Waals surface area contributed by atoms with Gasteiger partial charge in [-0.1, -0.05) is 42.5 Å². The van der Waals surface area contributed by atoms with Crippen LogP contribution < -0.4 is 4.72 Å². The lowest BCUT2D eigenvalue weighted by atomic mass is 10.2. The Balaban J connectivity index is 1.66. The van der Waals surface area contributed by atoms with Gasteiger partial charge in [-0.15, -0.1) is 0 Å². The predicted molar refractivity (Wildman–Crippen MR) is 90.4 cm³/mol. The third-order valence-corrected chi connectivity index (χ3v) is 4.59. The van der Waals surface area contributed by atoms with E-state index in [4.69, 9.17) is 0 Å². The molecule has 0 spiro atoms. The zero-order chi connectivity index (χ0) is 17.0. The number of anilines is 1. The van der Waals surface area contributed by atoms with Gasteiger partial charge in [0.15, 0.2) is 5.82 Å². The molecule has 3 aromatic rings. The minimum absolute atomic E-state index is 0.112. The maximum Gasteiger partial charge on any atom is 0.238 e. The van der Waals surface area contributed by atoms with E-state index in [1.807, 2.05) is 6.07 Å². The molecule has 0 aliphatic carbocycles. The molecule has 0 atom stereocenters. The third-order valence-electron chi connectivity index (χ3n) is 3.36. The molecule has 0 saturated carbocycles. The molecular weight excluding hydrogens is 329 g/mol. The van der Waals surface area contributed by atoms with Crippen molar-refractivity contribution in [3.63, 3.8) is 0 Å². The Morgan fingerprint density at radius 1 is 0.958 bits per heavy atom. The van der Waals surface area contributed by atoms with E-state index in [2.05, 4.69) is 9.82 Å². The fourth-order valence-electron chi connectivity index (χ4n) is 2.27. The number of nitrogens with one attached hydrogen (secondary N) is 1. The Labute approximate surface area is 139 Å². The maximum atomic E-state index is 12.9. The summed E-state index contributed by atoms with van der Waals surface area (Å²) in [6.07, 6.45) is 1.67. The molecule has 1 N–H and O–H groups in total. The van der Waals surface area contributed by atoms with Gasteiger partial charge in [0.05, 0.1) is 12.3 Å². The van der Waals surface area contributed by atoms with Crippen LogP contribution in [0.1, 0.15) is 11.1 Å². The summed E-state index contributed by atoms with van der Waals surface area (Å²) in [5, 5.41) is 4.19. The van der Waals surface area contributed by atoms with Crippen LogP contribution in [0.2, 0.25) is 0 Å². The summed E-state index contributed by atoms with van der Waals surface area (Å²) in [7, 11) is -3.53. The van der Waals surface area contributed by atoms with Gasteiger partial charge < -0.3 is 0 Å². The second-order valence-corrected chi connectivity index (χ2v) is 7.09. The number of halogens is 1. The van der Waals surface area contributed by atoms with Gasteiger partial charge in [0.25, 0.3) is 0 Å². The van der Waals surface area contributed by atoms with Crippen molar-refractivity contribution < 1.29 is 12.8 Å². The summed E-state index contributed by atoms with van der Waals surface area (Å²) < 4.78 is 41.3. The summed E-state index contributed by atoms with van der Waals surface area (Å²) in [4.78, 5) is 0. The Kier molecular flexibility index (Phi) is 4.61. The van der Waals surface area contributed by atoms with Crippen LogP contribution in [0.25, 0.3) is 0 Å². The quantitative estimate of drug-likeness (QED) is 0.747. The Morgan fingerprint density at radius 2 is 1.67 bits per heavy atom. The molecule has 124 valence electrons. The van der Waals surface area contributed by atoms with Crippen molar-refractivity contribution >= 4 is 15.8 Å². The largest absolute Gasteiger partial charge is 0.266 e. The van der Waals surface area contributed by atoms with E-state index in [1.165, 1.54) is 12.1 Å². The van der Waals surface area contributed by atoms with E-state index in [0.717, 1.165) is 5.56 Å². The van der Waals surface area contributed by atoms with Crippen molar-refractivity contribution in [1.82, 2.24) is 9.78 Å². The first-order chi connectivity index (χ1) is 11.5. The van der Waals surface area contributed by atoms with Crippen molar-refractivity contribution in [3.05, 3.63) is 83.8 Å². The Hall–Kier alpha value is -2.67. The zero-order valence-corrected chi connectivity index (χ0v) is 13.6. The van der Waals surface area contributed by atoms with Crippen molar-refractivity contribution in [3.8, 4) is 0 Å². The lowest BCUT2D eigenvalue weighted by molar-refractivity contribution is 0.599. The molecule has 3 rings (SSSR count). The highest BCUT2D eigenvalue weighted by atomic mass is 32.2. The minimum atomic E-state index is -3.53. The lowest BCUT2D eigenvalue weighted by Crippen LogP contribution is -2.15. The molecule has 0 aliphatic rings. The van der Waals surface area contributed by atoms with Gasteiger partial charge in [0, 0.05) is 12.3 Å². The van der Waals surface area contributed by atoms with Gasteiger partial charge in [0.2, 0.25) is 10.0 Å². The predicted octanol–water partition coefficient (Wildman–Crippen LogP) is 3.01. The molecule has 0 saturated heterocycles. The van der Waals surface area contributed by atoms with Gasteiger partial charge in [-0.2, -0.15) is 5.10 Å². The highest BCUT2D eigenvalue weighted by molar-refractivity contribution is 7.91. The smallest absolute Gasteiger partial charge is 0.238 e. The molecule has 5 nitrogen and oxygen atoms in total. The Bertz CT molecular complexity index is 907. The fraction of sp³-hybridized carbons (Fsp3) is 0.118. The highest BCUT2D eigenvalue weighted by Gasteiger charge is 2.13. The zero-order valence-electron chi connectivity index (χ0n) is 12.8. The van der Waals surface area contributed by atoms with E-state index in [1.54, 1.807) is 53.3 Å². The number of rotatable bonds is 6. The van der Waals surface area contributed by atoms with E-state index >= 15 is 0 Å². The van der Waals surface area contributed by atoms with Gasteiger partial charge >= 0.3 is 0 Å². The van der Waals surface area contributed by atoms with Crippen LogP contribution in [0.5, 0.6) is 0 Å². The average Bonchev–Trinajstić information content (AvgIpc) is 2.96. The average molecular weight is 345 g/mol. The molecule has 7 heteroatoms. The van der Waals surface area contributed by atoms with Crippen molar-refractivity contribution in [2.45, 2.75) is 12.3 Å². The van der Waals surface area contributed by atoms with E-state index in [9.17, 15) is 12.8 Å². The monoisotopic (exact) mass is 345 g/mol. The molecule has 1 aromatic heterocycles. The van der Waals surface area contributed by atoms with Gasteiger partial charge in [-0.05, 0) is 23.3 Å². The molecule has 24 heavy (non-hydrogen) atoms. The third kappa shape index (κ3) is 4.42. The molecule has 0 bridgehead atoms. The summed E-state index contributed by atoms with van der Waals surface area (Å²) >= 11 is 0. The van der Waals surface area contributed by atoms with Gasteiger partial charge in [-0.3, -0.25) is 9.40 Å². The topological polar surface area (TPSA) is 64.0 Å². The second-order valence-electron chi connectivity index (χ2n) is 5.37. The lowest BCUT2D eigenvalue weighted by Gasteiger charge is -2.06. The maximum absolute atomic E-state index is 12.9. The normalized spacial score (nSPS) is 11.4. The number of sulfonamides is 1. The Morgan fingerprint density at radius 3 is 2.38 bits per heavy atom. The van der Waals surface area contributed by atoms with E-state index in [-0.39, 0.29) is 17.4 Å². The number of benzene rings is 2. The molecule has 0 unspecified atom stereocenters. The van der Waals surface area contributed by atoms with Crippen LogP contribution in [-0.2, 0) is 22.3 Å². The molecule has 0 amide bonds. The standard InChI is InChI=1S/C17H16FN3O2S/c18-16-8-6-14(7-9-16)12-21-11-10-17(19-21)20-24(22,23)13-15-4-2-1-3-5-15/h1-11H,12-13H2,(H,19,20). The molecule has 0 aliphatic heterocycles. The number of aromatic nitrogens is 2. The minimum Gasteiger partial charge on any atom is -0.266 e. The number of hydrogen-bond acceptors (Lipinski definition) is 3. The van der Waals surface area contributed by atoms with Crippen LogP contribution in [-0.4, -0.2) is 18.2 Å². The summed E-state index contributed by atoms with van der Waals surface area (Å²) in [5.74, 6) is -0.153. The molecule has 2 aromatic carbocycles. The number of nitrogens with zero attached hydrogens (tertiary/aromatic N) is 2. The van der Waals surface area contributed by atoms with Crippen LogP contribution in [0.15, 0.2) is 66.9 Å². The molecule has 0 fully saturated rings. The number of hydrogen-bond donors (Lipinski definition) is 1. The van der Waals surface area contributed by atoms with E-state index in [0.29, 0.717) is 12.1 Å². The second kappa shape index (κ2) is 6.84. The first kappa shape index (κ1) is 16.2. The van der Waals surface area contributed by atoms with Crippen molar-refractivity contribution in [2.24, 2.45) is 0 Å². The van der Waals surface area contributed by atoms with E-state index < -0.39 is 10.0 Å². The first-order valence-corrected chi connectivity index (χ1v) is 8.98. The highest BCUT2D eigenvalue weighted by Crippen LogP contribution is 2.12. The van der Waals surface area contributed by atoms with Crippen molar-refractivity contribution in [2.75, 3.05) is 4.72 Å². The van der Waals surface area contributed by atoms with Crippen LogP contribution >= 0.6 is 0 Å². The van der Waals surface area contributed by atoms with Crippen molar-refractivity contribution in [1.29, 1.82) is 0 Å². The molecular formula is C17H16FN3O2S. The van der Waals surface area contributed by atoms with Crippen LogP contribution in [0.3, 0.4) is 0 Å². The molecule has 0 radical (unpaired) electrons. The fourth-order valence-corrected chi connectivity index (χ4v) is 3.40. The van der Waals surface area contributed by atoms with Gasteiger partial charge in [-0.25, -0.2) is 12.8 Å². The molecule has 1 heterocycles. The van der Waals surface area contributed by atoms with Crippen LogP contribution in [0, 0.1) is 5.82 Å². The summed E-state index contributed by atoms with van der Waals surface area (Å²) in [5.41, 5.74) is 1.58. The van der Waals surface area contributed by atoms with Crippen LogP contribution in [0.4, 0.5) is 10.2 Å². The SMILES string of the molecule is O=S(=O)(Cc1ccccc1)Nc1ccn(Cc2ccc(F)cc2)n1. The summed E-state index contributed by atoms with van der Waals surface area (Å²) in [6, 6.07) is 16.6. The summed E-state index contributed by atoms with van der Waals surface area (Å²) in [6.45, 7) is 0.431. The first-order valence-electron chi connectivity index (χ1n) is 7.32.